The normalized spacial score (nSPS) is 10.1. The Morgan fingerprint density at radius 1 is 1.28 bits per heavy atom. The molecule has 92 valence electrons. The summed E-state index contributed by atoms with van der Waals surface area (Å²) < 4.78 is 0. The van der Waals surface area contributed by atoms with Gasteiger partial charge in [0.2, 0.25) is 0 Å². The fraction of sp³-hybridized carbons (Fsp3) is 0.143. The van der Waals surface area contributed by atoms with Gasteiger partial charge in [0.25, 0.3) is 5.91 Å². The second-order valence-corrected chi connectivity index (χ2v) is 4.43. The molecule has 0 aliphatic carbocycles. The Balaban J connectivity index is 1.98. The van der Waals surface area contributed by atoms with Gasteiger partial charge in [0.1, 0.15) is 0 Å². The first-order valence-corrected chi connectivity index (χ1v) is 5.98. The fourth-order valence-electron chi connectivity index (χ4n) is 1.57. The van der Waals surface area contributed by atoms with E-state index in [4.69, 9.17) is 11.6 Å². The maximum atomic E-state index is 11.9. The summed E-state index contributed by atoms with van der Waals surface area (Å²) in [5.41, 5.74) is 2.46. The zero-order valence-electron chi connectivity index (χ0n) is 9.98. The van der Waals surface area contributed by atoms with Crippen LogP contribution in [-0.2, 0) is 6.54 Å². The number of benzene rings is 1. The van der Waals surface area contributed by atoms with Crippen LogP contribution >= 0.6 is 11.6 Å². The van der Waals surface area contributed by atoms with E-state index in [1.165, 1.54) is 0 Å². The third-order valence-corrected chi connectivity index (χ3v) is 2.78. The van der Waals surface area contributed by atoms with E-state index in [9.17, 15) is 4.79 Å². The third kappa shape index (κ3) is 3.31. The number of aromatic nitrogens is 1. The predicted octanol–water partition coefficient (Wildman–Crippen LogP) is 2.97. The zero-order valence-corrected chi connectivity index (χ0v) is 10.7. The molecular formula is C14H13ClN2O. The molecule has 0 spiro atoms. The number of amides is 1. The highest BCUT2D eigenvalue weighted by atomic mass is 35.5. The standard InChI is InChI=1S/C14H13ClN2O/c1-10-8-12(6-7-16-10)14(18)17-9-11-2-4-13(15)5-3-11/h2-8H,9H2,1H3,(H,17,18). The van der Waals surface area contributed by atoms with E-state index in [-0.39, 0.29) is 5.91 Å². The summed E-state index contributed by atoms with van der Waals surface area (Å²) in [6, 6.07) is 10.8. The van der Waals surface area contributed by atoms with Gasteiger partial charge in [-0.05, 0) is 36.8 Å². The van der Waals surface area contributed by atoms with Crippen LogP contribution < -0.4 is 5.32 Å². The first-order chi connectivity index (χ1) is 8.65. The molecule has 0 aliphatic heterocycles. The van der Waals surface area contributed by atoms with E-state index in [2.05, 4.69) is 10.3 Å². The van der Waals surface area contributed by atoms with E-state index in [1.54, 1.807) is 30.5 Å². The first-order valence-electron chi connectivity index (χ1n) is 5.60. The number of carbonyl (C=O) groups is 1. The van der Waals surface area contributed by atoms with Gasteiger partial charge in [0.15, 0.2) is 0 Å². The second kappa shape index (κ2) is 5.65. The molecule has 0 aliphatic rings. The summed E-state index contributed by atoms with van der Waals surface area (Å²) in [5, 5.41) is 3.54. The summed E-state index contributed by atoms with van der Waals surface area (Å²) in [4.78, 5) is 15.9. The Morgan fingerprint density at radius 2 is 2.00 bits per heavy atom. The summed E-state index contributed by atoms with van der Waals surface area (Å²) in [6.45, 7) is 2.34. The third-order valence-electron chi connectivity index (χ3n) is 2.53. The van der Waals surface area contributed by atoms with Crippen molar-refractivity contribution in [3.05, 3.63) is 64.4 Å². The van der Waals surface area contributed by atoms with Gasteiger partial charge >= 0.3 is 0 Å². The molecule has 0 fully saturated rings. The topological polar surface area (TPSA) is 42.0 Å². The van der Waals surface area contributed by atoms with Crippen LogP contribution in [0.25, 0.3) is 0 Å². The highest BCUT2D eigenvalue weighted by Gasteiger charge is 2.05. The molecule has 3 nitrogen and oxygen atoms in total. The highest BCUT2D eigenvalue weighted by molar-refractivity contribution is 6.30. The molecule has 0 radical (unpaired) electrons. The summed E-state index contributed by atoms with van der Waals surface area (Å²) >= 11 is 5.79. The maximum absolute atomic E-state index is 11.9. The van der Waals surface area contributed by atoms with Crippen molar-refractivity contribution in [2.75, 3.05) is 0 Å². The average Bonchev–Trinajstić information content (AvgIpc) is 2.38. The lowest BCUT2D eigenvalue weighted by atomic mass is 10.2. The molecule has 2 rings (SSSR count). The number of rotatable bonds is 3. The average molecular weight is 261 g/mol. The van der Waals surface area contributed by atoms with Crippen LogP contribution in [0.1, 0.15) is 21.6 Å². The van der Waals surface area contributed by atoms with Crippen molar-refractivity contribution in [1.29, 1.82) is 0 Å². The van der Waals surface area contributed by atoms with Gasteiger partial charge < -0.3 is 5.32 Å². The van der Waals surface area contributed by atoms with Crippen molar-refractivity contribution in [1.82, 2.24) is 10.3 Å². The van der Waals surface area contributed by atoms with Gasteiger partial charge in [-0.2, -0.15) is 0 Å². The van der Waals surface area contributed by atoms with Crippen molar-refractivity contribution >= 4 is 17.5 Å². The Bertz CT molecular complexity index is 552. The molecule has 0 saturated carbocycles. The SMILES string of the molecule is Cc1cc(C(=O)NCc2ccc(Cl)cc2)ccn1. The minimum Gasteiger partial charge on any atom is -0.348 e. The number of halogens is 1. The minimum atomic E-state index is -0.101. The molecule has 4 heteroatoms. The molecule has 1 N–H and O–H groups in total. The molecule has 0 atom stereocenters. The van der Waals surface area contributed by atoms with Crippen molar-refractivity contribution in [2.45, 2.75) is 13.5 Å². The van der Waals surface area contributed by atoms with Crippen LogP contribution in [-0.4, -0.2) is 10.9 Å². The molecule has 1 aromatic heterocycles. The summed E-state index contributed by atoms with van der Waals surface area (Å²) in [5.74, 6) is -0.101. The molecule has 1 heterocycles. The molecule has 0 bridgehead atoms. The monoisotopic (exact) mass is 260 g/mol. The first kappa shape index (κ1) is 12.6. The van der Waals surface area contributed by atoms with Crippen LogP contribution in [0, 0.1) is 6.92 Å². The largest absolute Gasteiger partial charge is 0.348 e. The van der Waals surface area contributed by atoms with E-state index < -0.39 is 0 Å². The van der Waals surface area contributed by atoms with Gasteiger partial charge in [-0.1, -0.05) is 23.7 Å². The number of nitrogens with zero attached hydrogens (tertiary/aromatic N) is 1. The van der Waals surface area contributed by atoms with Gasteiger partial charge in [0.05, 0.1) is 0 Å². The van der Waals surface area contributed by atoms with Crippen molar-refractivity contribution in [3.8, 4) is 0 Å². The lowest BCUT2D eigenvalue weighted by Gasteiger charge is -2.05. The molecule has 0 unspecified atom stereocenters. The number of nitrogens with one attached hydrogen (secondary N) is 1. The molecule has 1 aromatic carbocycles. The van der Waals surface area contributed by atoms with E-state index in [1.807, 2.05) is 19.1 Å². The molecular weight excluding hydrogens is 248 g/mol. The van der Waals surface area contributed by atoms with Crippen LogP contribution in [0.4, 0.5) is 0 Å². The number of carbonyl (C=O) groups excluding carboxylic acids is 1. The van der Waals surface area contributed by atoms with Crippen LogP contribution in [0.2, 0.25) is 5.02 Å². The van der Waals surface area contributed by atoms with Crippen molar-refractivity contribution in [3.63, 3.8) is 0 Å². The van der Waals surface area contributed by atoms with Crippen LogP contribution in [0.5, 0.6) is 0 Å². The zero-order chi connectivity index (χ0) is 13.0. The maximum Gasteiger partial charge on any atom is 0.251 e. The Morgan fingerprint density at radius 3 is 2.67 bits per heavy atom. The lowest BCUT2D eigenvalue weighted by molar-refractivity contribution is 0.0950. The number of hydrogen-bond donors (Lipinski definition) is 1. The van der Waals surface area contributed by atoms with Gasteiger partial charge in [-0.25, -0.2) is 0 Å². The van der Waals surface area contributed by atoms with Crippen molar-refractivity contribution in [2.24, 2.45) is 0 Å². The second-order valence-electron chi connectivity index (χ2n) is 4.00. The van der Waals surface area contributed by atoms with E-state index in [0.29, 0.717) is 17.1 Å². The Hall–Kier alpha value is -1.87. The van der Waals surface area contributed by atoms with E-state index in [0.717, 1.165) is 11.3 Å². The van der Waals surface area contributed by atoms with Gasteiger partial charge in [0, 0.05) is 29.0 Å². The van der Waals surface area contributed by atoms with Gasteiger partial charge in [-0.3, -0.25) is 9.78 Å². The number of pyridine rings is 1. The molecule has 0 saturated heterocycles. The quantitative estimate of drug-likeness (QED) is 0.922. The Labute approximate surface area is 111 Å². The molecule has 1 amide bonds. The van der Waals surface area contributed by atoms with Crippen molar-refractivity contribution < 1.29 is 4.79 Å². The smallest absolute Gasteiger partial charge is 0.251 e. The van der Waals surface area contributed by atoms with E-state index >= 15 is 0 Å². The van der Waals surface area contributed by atoms with Crippen LogP contribution in [0.3, 0.4) is 0 Å². The summed E-state index contributed by atoms with van der Waals surface area (Å²) in [7, 11) is 0. The van der Waals surface area contributed by atoms with Gasteiger partial charge in [-0.15, -0.1) is 0 Å². The lowest BCUT2D eigenvalue weighted by Crippen LogP contribution is -2.22. The Kier molecular flexibility index (Phi) is 3.95. The minimum absolute atomic E-state index is 0.101. The summed E-state index contributed by atoms with van der Waals surface area (Å²) in [6.07, 6.45) is 1.63. The fourth-order valence-corrected chi connectivity index (χ4v) is 1.70. The molecule has 18 heavy (non-hydrogen) atoms. The number of aryl methyl sites for hydroxylation is 1. The van der Waals surface area contributed by atoms with Crippen LogP contribution in [0.15, 0.2) is 42.6 Å². The molecule has 2 aromatic rings. The predicted molar refractivity (Wildman–Crippen MR) is 71.6 cm³/mol. The number of hydrogen-bond acceptors (Lipinski definition) is 2. The highest BCUT2D eigenvalue weighted by Crippen LogP contribution is 2.09.